The summed E-state index contributed by atoms with van der Waals surface area (Å²) in [6, 6.07) is 1.95. The Balaban J connectivity index is 1.68. The molecule has 3 aliphatic rings. The van der Waals surface area contributed by atoms with E-state index in [-0.39, 0.29) is 0 Å². The van der Waals surface area contributed by atoms with E-state index in [0.29, 0.717) is 17.3 Å². The van der Waals surface area contributed by atoms with Gasteiger partial charge in [-0.2, -0.15) is 5.10 Å². The van der Waals surface area contributed by atoms with Gasteiger partial charge in [0.15, 0.2) is 0 Å². The summed E-state index contributed by atoms with van der Waals surface area (Å²) >= 11 is 0. The van der Waals surface area contributed by atoms with Gasteiger partial charge >= 0.3 is 0 Å². The van der Waals surface area contributed by atoms with E-state index in [4.69, 9.17) is 0 Å². The van der Waals surface area contributed by atoms with Crippen LogP contribution in [0.4, 0.5) is 5.95 Å². The lowest BCUT2D eigenvalue weighted by molar-refractivity contribution is -0.00124. The number of rotatable bonds is 3. The Bertz CT molecular complexity index is 566. The van der Waals surface area contributed by atoms with Crippen LogP contribution in [-0.4, -0.2) is 16.2 Å². The smallest absolute Gasteiger partial charge is 0.243 e. The van der Waals surface area contributed by atoms with Gasteiger partial charge in [-0.05, 0) is 55.6 Å². The number of hydrogen-bond donors (Lipinski definition) is 1. The van der Waals surface area contributed by atoms with Crippen LogP contribution in [0.15, 0.2) is 22.8 Å². The van der Waals surface area contributed by atoms with Crippen LogP contribution in [-0.2, 0) is 0 Å². The van der Waals surface area contributed by atoms with E-state index in [9.17, 15) is 0 Å². The molecule has 0 aliphatic heterocycles. The molecule has 4 rings (SSSR count). The molecular weight excluding hydrogens is 248 g/mol. The van der Waals surface area contributed by atoms with E-state index in [1.807, 2.05) is 26.1 Å². The van der Waals surface area contributed by atoms with Gasteiger partial charge in [0.25, 0.3) is 0 Å². The Morgan fingerprint density at radius 1 is 1.30 bits per heavy atom. The fourth-order valence-corrected chi connectivity index (χ4v) is 3.49. The molecule has 1 saturated carbocycles. The fourth-order valence-electron chi connectivity index (χ4n) is 3.49. The highest BCUT2D eigenvalue weighted by molar-refractivity contribution is 5.81. The number of hydrogen-bond acceptors (Lipinski definition) is 4. The van der Waals surface area contributed by atoms with Crippen LogP contribution in [0.25, 0.3) is 0 Å². The van der Waals surface area contributed by atoms with Crippen molar-refractivity contribution >= 4 is 12.2 Å². The SMILES string of the molecule is Cc1cc(C)nc(N/N=C\C2=CC[C@H]3C[C@@H]2C3(C)C)n1. The summed E-state index contributed by atoms with van der Waals surface area (Å²) in [7, 11) is 0. The molecule has 2 bridgehead atoms. The first-order chi connectivity index (χ1) is 9.46. The fraction of sp³-hybridized carbons (Fsp3) is 0.562. The molecule has 4 nitrogen and oxygen atoms in total. The lowest BCUT2D eigenvalue weighted by atomic mass is 9.49. The molecule has 0 amide bonds. The molecule has 4 heteroatoms. The van der Waals surface area contributed by atoms with Crippen LogP contribution in [0.3, 0.4) is 0 Å². The van der Waals surface area contributed by atoms with Crippen molar-refractivity contribution in [2.24, 2.45) is 22.4 Å². The molecule has 0 unspecified atom stereocenters. The number of allylic oxidation sites excluding steroid dienone is 2. The predicted molar refractivity (Wildman–Crippen MR) is 81.7 cm³/mol. The van der Waals surface area contributed by atoms with Crippen LogP contribution in [0.5, 0.6) is 0 Å². The largest absolute Gasteiger partial charge is 0.245 e. The zero-order valence-electron chi connectivity index (χ0n) is 12.6. The minimum atomic E-state index is 0.437. The number of anilines is 1. The first-order valence-corrected chi connectivity index (χ1v) is 7.28. The van der Waals surface area contributed by atoms with Gasteiger partial charge in [-0.25, -0.2) is 15.4 Å². The van der Waals surface area contributed by atoms with Gasteiger partial charge in [0.1, 0.15) is 0 Å². The Labute approximate surface area is 120 Å². The molecule has 1 heterocycles. The molecule has 3 aliphatic carbocycles. The van der Waals surface area contributed by atoms with Crippen LogP contribution in [0.1, 0.15) is 38.1 Å². The van der Waals surface area contributed by atoms with Crippen molar-refractivity contribution in [3.63, 3.8) is 0 Å². The van der Waals surface area contributed by atoms with E-state index in [1.165, 1.54) is 18.4 Å². The summed E-state index contributed by atoms with van der Waals surface area (Å²) in [5, 5.41) is 4.32. The summed E-state index contributed by atoms with van der Waals surface area (Å²) in [6.45, 7) is 8.66. The molecule has 0 spiro atoms. The minimum absolute atomic E-state index is 0.437. The topological polar surface area (TPSA) is 50.2 Å². The second-order valence-corrected chi connectivity index (χ2v) is 6.59. The summed E-state index contributed by atoms with van der Waals surface area (Å²) in [6.07, 6.45) is 6.77. The molecule has 20 heavy (non-hydrogen) atoms. The number of aromatic nitrogens is 2. The molecular formula is C16H22N4. The van der Waals surface area contributed by atoms with E-state index < -0.39 is 0 Å². The average Bonchev–Trinajstić information content (AvgIpc) is 2.37. The van der Waals surface area contributed by atoms with Crippen molar-refractivity contribution in [2.75, 3.05) is 5.43 Å². The zero-order chi connectivity index (χ0) is 14.3. The van der Waals surface area contributed by atoms with Crippen LogP contribution >= 0.6 is 0 Å². The number of nitrogens with one attached hydrogen (secondary N) is 1. The van der Waals surface area contributed by atoms with Crippen molar-refractivity contribution in [1.29, 1.82) is 0 Å². The number of hydrazone groups is 1. The second kappa shape index (κ2) is 4.69. The van der Waals surface area contributed by atoms with E-state index in [0.717, 1.165) is 17.3 Å². The van der Waals surface area contributed by atoms with Gasteiger partial charge in [0.2, 0.25) is 5.95 Å². The number of aryl methyl sites for hydroxylation is 2. The third kappa shape index (κ3) is 2.23. The Hall–Kier alpha value is -1.71. The first kappa shape index (κ1) is 13.3. The molecule has 0 aromatic carbocycles. The number of fused-ring (bicyclic) bond motifs is 1. The Morgan fingerprint density at radius 3 is 2.60 bits per heavy atom. The maximum Gasteiger partial charge on any atom is 0.243 e. The summed E-state index contributed by atoms with van der Waals surface area (Å²) in [5.74, 6) is 2.09. The monoisotopic (exact) mass is 270 g/mol. The van der Waals surface area contributed by atoms with E-state index in [2.05, 4.69) is 40.4 Å². The van der Waals surface area contributed by atoms with Crippen molar-refractivity contribution < 1.29 is 0 Å². The van der Waals surface area contributed by atoms with Crippen molar-refractivity contribution in [2.45, 2.75) is 40.5 Å². The van der Waals surface area contributed by atoms with Gasteiger partial charge in [0, 0.05) is 11.4 Å². The van der Waals surface area contributed by atoms with Crippen molar-refractivity contribution in [3.05, 3.63) is 29.1 Å². The summed E-state index contributed by atoms with van der Waals surface area (Å²) in [5.41, 5.74) is 6.65. The highest BCUT2D eigenvalue weighted by atomic mass is 15.3. The van der Waals surface area contributed by atoms with Gasteiger partial charge < -0.3 is 0 Å². The van der Waals surface area contributed by atoms with Crippen LogP contribution < -0.4 is 5.43 Å². The summed E-state index contributed by atoms with van der Waals surface area (Å²) in [4.78, 5) is 8.64. The molecule has 0 radical (unpaired) electrons. The lowest BCUT2D eigenvalue weighted by Gasteiger charge is -2.55. The second-order valence-electron chi connectivity index (χ2n) is 6.59. The molecule has 1 N–H and O–H groups in total. The van der Waals surface area contributed by atoms with Gasteiger partial charge in [-0.15, -0.1) is 0 Å². The Morgan fingerprint density at radius 2 is 2.00 bits per heavy atom. The summed E-state index contributed by atoms with van der Waals surface area (Å²) < 4.78 is 0. The predicted octanol–water partition coefficient (Wildman–Crippen LogP) is 3.48. The van der Waals surface area contributed by atoms with Crippen molar-refractivity contribution in [1.82, 2.24) is 9.97 Å². The highest BCUT2D eigenvalue weighted by Gasteiger charge is 2.50. The van der Waals surface area contributed by atoms with E-state index >= 15 is 0 Å². The lowest BCUT2D eigenvalue weighted by Crippen LogP contribution is -2.48. The molecule has 1 fully saturated rings. The molecule has 106 valence electrons. The molecule has 2 atom stereocenters. The van der Waals surface area contributed by atoms with Gasteiger partial charge in [-0.1, -0.05) is 19.9 Å². The van der Waals surface area contributed by atoms with Crippen LogP contribution in [0.2, 0.25) is 0 Å². The third-order valence-corrected chi connectivity index (χ3v) is 4.87. The van der Waals surface area contributed by atoms with Gasteiger partial charge in [0.05, 0.1) is 6.21 Å². The van der Waals surface area contributed by atoms with Crippen molar-refractivity contribution in [3.8, 4) is 0 Å². The standard InChI is InChI=1S/C16H22N4/c1-10-7-11(2)19-15(18-10)20-17-9-12-5-6-13-8-14(12)16(13,3)4/h5,7,9,13-14H,6,8H2,1-4H3,(H,18,19,20)/b17-9-/t13-,14-/m0/s1. The van der Waals surface area contributed by atoms with Gasteiger partial charge in [-0.3, -0.25) is 0 Å². The number of nitrogens with zero attached hydrogens (tertiary/aromatic N) is 3. The third-order valence-electron chi connectivity index (χ3n) is 4.87. The first-order valence-electron chi connectivity index (χ1n) is 7.28. The van der Waals surface area contributed by atoms with Crippen LogP contribution in [0, 0.1) is 31.1 Å². The normalized spacial score (nSPS) is 27.1. The average molecular weight is 270 g/mol. The minimum Gasteiger partial charge on any atom is -0.245 e. The Kier molecular flexibility index (Phi) is 3.11. The van der Waals surface area contributed by atoms with E-state index in [1.54, 1.807) is 0 Å². The highest BCUT2D eigenvalue weighted by Crippen LogP contribution is 2.58. The molecule has 1 aromatic rings. The zero-order valence-corrected chi connectivity index (χ0v) is 12.6. The maximum absolute atomic E-state index is 4.32. The quantitative estimate of drug-likeness (QED) is 0.675. The molecule has 0 saturated heterocycles. The molecule has 1 aromatic heterocycles. The maximum atomic E-state index is 4.32.